The van der Waals surface area contributed by atoms with Gasteiger partial charge >= 0.3 is 6.08 Å². The highest BCUT2D eigenvalue weighted by Crippen LogP contribution is 2.26. The van der Waals surface area contributed by atoms with Crippen LogP contribution in [0.2, 0.25) is 0 Å². The maximum absolute atomic E-state index is 13.4. The Bertz CT molecular complexity index is 752. The number of aromatic nitrogens is 1. The van der Waals surface area contributed by atoms with Gasteiger partial charge < -0.3 is 9.15 Å². The highest BCUT2D eigenvalue weighted by atomic mass is 19.1. The largest absolute Gasteiger partial charge is 0.411 e. The molecule has 1 aromatic heterocycles. The van der Waals surface area contributed by atoms with Crippen LogP contribution in [0.1, 0.15) is 5.56 Å². The Morgan fingerprint density at radius 1 is 1.11 bits per heavy atom. The Labute approximate surface area is 107 Å². The molecule has 0 atom stereocenters. The van der Waals surface area contributed by atoms with Crippen molar-refractivity contribution in [2.45, 2.75) is 6.92 Å². The van der Waals surface area contributed by atoms with E-state index in [9.17, 15) is 8.78 Å². The van der Waals surface area contributed by atoms with Crippen molar-refractivity contribution in [1.29, 1.82) is 0 Å². The van der Waals surface area contributed by atoms with Gasteiger partial charge in [0.15, 0.2) is 5.58 Å². The van der Waals surface area contributed by atoms with Crippen molar-refractivity contribution in [3.05, 3.63) is 53.6 Å². The van der Waals surface area contributed by atoms with Crippen molar-refractivity contribution in [2.75, 3.05) is 0 Å². The van der Waals surface area contributed by atoms with E-state index in [0.29, 0.717) is 16.7 Å². The van der Waals surface area contributed by atoms with Crippen LogP contribution in [0.4, 0.5) is 8.78 Å². The maximum Gasteiger partial charge on any atom is 0.400 e. The number of ether oxygens (including phenoxy) is 1. The van der Waals surface area contributed by atoms with E-state index in [2.05, 4.69) is 4.98 Å². The van der Waals surface area contributed by atoms with Crippen LogP contribution < -0.4 is 4.74 Å². The summed E-state index contributed by atoms with van der Waals surface area (Å²) in [5.41, 5.74) is 1.28. The van der Waals surface area contributed by atoms with Crippen LogP contribution in [0.3, 0.4) is 0 Å². The second kappa shape index (κ2) is 4.35. The smallest absolute Gasteiger partial charge is 0.400 e. The number of aryl methyl sites for hydroxylation is 1. The van der Waals surface area contributed by atoms with E-state index in [4.69, 9.17) is 9.15 Å². The summed E-state index contributed by atoms with van der Waals surface area (Å²) in [5.74, 6) is -0.511. The molecule has 19 heavy (non-hydrogen) atoms. The highest BCUT2D eigenvalue weighted by molar-refractivity contribution is 5.72. The number of fused-ring (bicyclic) bond motifs is 1. The average molecular weight is 261 g/mol. The molecule has 3 nitrogen and oxygen atoms in total. The molecule has 0 amide bonds. The number of halogens is 2. The second-order valence-corrected chi connectivity index (χ2v) is 4.10. The lowest BCUT2D eigenvalue weighted by Crippen LogP contribution is -1.87. The first-order valence-corrected chi connectivity index (χ1v) is 5.62. The highest BCUT2D eigenvalue weighted by Gasteiger charge is 2.09. The van der Waals surface area contributed by atoms with E-state index in [-0.39, 0.29) is 17.6 Å². The maximum atomic E-state index is 13.4. The molecule has 5 heteroatoms. The van der Waals surface area contributed by atoms with E-state index in [1.165, 1.54) is 24.3 Å². The molecule has 0 fully saturated rings. The lowest BCUT2D eigenvalue weighted by Gasteiger charge is -2.01. The predicted octanol–water partition coefficient (Wildman–Crippen LogP) is 4.21. The molecule has 0 bridgehead atoms. The molecule has 3 aromatic rings. The van der Waals surface area contributed by atoms with Crippen molar-refractivity contribution in [3.63, 3.8) is 0 Å². The number of oxazole rings is 1. The summed E-state index contributed by atoms with van der Waals surface area (Å²) in [5, 5.41) is 0. The van der Waals surface area contributed by atoms with Crippen LogP contribution in [0.25, 0.3) is 11.1 Å². The summed E-state index contributed by atoms with van der Waals surface area (Å²) in [6.07, 6.45) is -0.0520. The minimum Gasteiger partial charge on any atom is -0.411 e. The van der Waals surface area contributed by atoms with Gasteiger partial charge in [0.2, 0.25) is 0 Å². The van der Waals surface area contributed by atoms with Gasteiger partial charge in [0.05, 0.1) is 0 Å². The third-order valence-corrected chi connectivity index (χ3v) is 2.68. The Morgan fingerprint density at radius 2 is 1.95 bits per heavy atom. The Morgan fingerprint density at radius 3 is 2.74 bits per heavy atom. The fraction of sp³-hybridized carbons (Fsp3) is 0.0714. The van der Waals surface area contributed by atoms with Gasteiger partial charge in [-0.2, -0.15) is 4.98 Å². The number of nitrogens with zero attached hydrogens (tertiary/aromatic N) is 1. The van der Waals surface area contributed by atoms with Crippen LogP contribution in [0, 0.1) is 18.6 Å². The minimum absolute atomic E-state index is 0.0520. The number of hydrogen-bond donors (Lipinski definition) is 0. The molecule has 0 radical (unpaired) electrons. The first-order valence-electron chi connectivity index (χ1n) is 5.62. The van der Waals surface area contributed by atoms with Crippen molar-refractivity contribution in [1.82, 2.24) is 4.98 Å². The molecule has 0 N–H and O–H groups in total. The van der Waals surface area contributed by atoms with E-state index in [1.54, 1.807) is 19.1 Å². The first-order chi connectivity index (χ1) is 9.11. The van der Waals surface area contributed by atoms with Crippen LogP contribution in [0.5, 0.6) is 11.8 Å². The minimum atomic E-state index is -0.409. The van der Waals surface area contributed by atoms with Gasteiger partial charge in [-0.1, -0.05) is 6.07 Å². The number of benzene rings is 2. The summed E-state index contributed by atoms with van der Waals surface area (Å²) < 4.78 is 36.9. The van der Waals surface area contributed by atoms with Gasteiger partial charge in [0, 0.05) is 12.1 Å². The standard InChI is InChI=1S/C14H9F2NO2/c1-8-2-4-10(7-11(8)16)18-14-17-12-6-9(15)3-5-13(12)19-14/h2-7H,1H3. The molecule has 0 unspecified atom stereocenters. The Hall–Kier alpha value is -2.43. The lowest BCUT2D eigenvalue weighted by atomic mass is 10.2. The molecule has 0 saturated carbocycles. The van der Waals surface area contributed by atoms with Gasteiger partial charge in [-0.25, -0.2) is 8.78 Å². The zero-order chi connectivity index (χ0) is 13.4. The normalized spacial score (nSPS) is 10.9. The molecule has 0 spiro atoms. The summed E-state index contributed by atoms with van der Waals surface area (Å²) in [4.78, 5) is 3.97. The number of hydrogen-bond acceptors (Lipinski definition) is 3. The second-order valence-electron chi connectivity index (χ2n) is 4.10. The number of rotatable bonds is 2. The summed E-state index contributed by atoms with van der Waals surface area (Å²) in [7, 11) is 0. The monoisotopic (exact) mass is 261 g/mol. The zero-order valence-electron chi connectivity index (χ0n) is 9.98. The molecule has 2 aromatic carbocycles. The Balaban J connectivity index is 1.94. The van der Waals surface area contributed by atoms with Gasteiger partial charge in [-0.3, -0.25) is 0 Å². The molecule has 0 aliphatic carbocycles. The van der Waals surface area contributed by atoms with Gasteiger partial charge in [0.1, 0.15) is 22.9 Å². The summed E-state index contributed by atoms with van der Waals surface area (Å²) >= 11 is 0. The SMILES string of the molecule is Cc1ccc(Oc2nc3cc(F)ccc3o2)cc1F. The third-order valence-electron chi connectivity index (χ3n) is 2.68. The molecule has 3 rings (SSSR count). The quantitative estimate of drug-likeness (QED) is 0.693. The van der Waals surface area contributed by atoms with E-state index < -0.39 is 5.82 Å². The van der Waals surface area contributed by atoms with Gasteiger partial charge in [-0.15, -0.1) is 0 Å². The summed E-state index contributed by atoms with van der Waals surface area (Å²) in [6, 6.07) is 8.40. The summed E-state index contributed by atoms with van der Waals surface area (Å²) in [6.45, 7) is 1.65. The van der Waals surface area contributed by atoms with Crippen LogP contribution in [-0.4, -0.2) is 4.98 Å². The van der Waals surface area contributed by atoms with Crippen molar-refractivity contribution in [3.8, 4) is 11.8 Å². The lowest BCUT2D eigenvalue weighted by molar-refractivity contribution is 0.341. The van der Waals surface area contributed by atoms with Crippen LogP contribution in [-0.2, 0) is 0 Å². The molecular weight excluding hydrogens is 252 g/mol. The van der Waals surface area contributed by atoms with Crippen molar-refractivity contribution >= 4 is 11.1 Å². The van der Waals surface area contributed by atoms with E-state index in [1.807, 2.05) is 0 Å². The van der Waals surface area contributed by atoms with Gasteiger partial charge in [0.25, 0.3) is 0 Å². The van der Waals surface area contributed by atoms with Gasteiger partial charge in [-0.05, 0) is 30.7 Å². The van der Waals surface area contributed by atoms with Crippen LogP contribution >= 0.6 is 0 Å². The predicted molar refractivity (Wildman–Crippen MR) is 65.2 cm³/mol. The molecule has 0 saturated heterocycles. The topological polar surface area (TPSA) is 35.3 Å². The van der Waals surface area contributed by atoms with Crippen molar-refractivity contribution < 1.29 is 17.9 Å². The Kier molecular flexibility index (Phi) is 2.67. The fourth-order valence-corrected chi connectivity index (χ4v) is 1.66. The first kappa shape index (κ1) is 11.6. The molecule has 1 heterocycles. The average Bonchev–Trinajstić information content (AvgIpc) is 2.75. The van der Waals surface area contributed by atoms with E-state index in [0.717, 1.165) is 0 Å². The third kappa shape index (κ3) is 2.27. The molecule has 0 aliphatic rings. The fourth-order valence-electron chi connectivity index (χ4n) is 1.66. The molecular formula is C14H9F2NO2. The van der Waals surface area contributed by atoms with Crippen molar-refractivity contribution in [2.24, 2.45) is 0 Å². The molecule has 96 valence electrons. The zero-order valence-corrected chi connectivity index (χ0v) is 9.98. The molecule has 0 aliphatic heterocycles. The van der Waals surface area contributed by atoms with Crippen LogP contribution in [0.15, 0.2) is 40.8 Å². The van der Waals surface area contributed by atoms with E-state index >= 15 is 0 Å².